The molecule has 1 unspecified atom stereocenters. The molecule has 0 amide bonds. The Bertz CT molecular complexity index is 554. The molecule has 0 spiro atoms. The zero-order valence-corrected chi connectivity index (χ0v) is 12.8. The molecule has 2 rings (SSSR count). The lowest BCUT2D eigenvalue weighted by Gasteiger charge is -2.24. The predicted molar refractivity (Wildman–Crippen MR) is 85.6 cm³/mol. The first-order valence-electron chi connectivity index (χ1n) is 6.77. The largest absolute Gasteiger partial charge is 0.495 e. The average Bonchev–Trinajstić information content (AvgIpc) is 2.45. The number of nitrogens with one attached hydrogen (secondary N) is 1. The molecule has 0 saturated heterocycles. The van der Waals surface area contributed by atoms with Crippen LogP contribution in [0.3, 0.4) is 0 Å². The van der Waals surface area contributed by atoms with E-state index in [2.05, 4.69) is 43.4 Å². The Morgan fingerprint density at radius 3 is 2.30 bits per heavy atom. The zero-order valence-electron chi connectivity index (χ0n) is 12.1. The van der Waals surface area contributed by atoms with Crippen LogP contribution in [0.1, 0.15) is 25.5 Å². The van der Waals surface area contributed by atoms with E-state index in [1.807, 2.05) is 24.3 Å². The molecule has 0 aliphatic rings. The maximum absolute atomic E-state index is 6.17. The molecule has 3 heteroatoms. The molecule has 0 radical (unpaired) electrons. The molecule has 2 aromatic rings. The van der Waals surface area contributed by atoms with Crippen LogP contribution in [0.5, 0.6) is 5.75 Å². The van der Waals surface area contributed by atoms with Crippen molar-refractivity contribution in [3.63, 3.8) is 0 Å². The van der Waals surface area contributed by atoms with Gasteiger partial charge in [-0.2, -0.15) is 0 Å². The van der Waals surface area contributed by atoms with Gasteiger partial charge in [-0.25, -0.2) is 0 Å². The van der Waals surface area contributed by atoms with Crippen molar-refractivity contribution < 1.29 is 4.74 Å². The van der Waals surface area contributed by atoms with Gasteiger partial charge in [-0.3, -0.25) is 0 Å². The molecule has 0 fully saturated rings. The van der Waals surface area contributed by atoms with Gasteiger partial charge >= 0.3 is 0 Å². The Morgan fingerprint density at radius 1 is 1.05 bits per heavy atom. The first kappa shape index (κ1) is 14.7. The molecule has 20 heavy (non-hydrogen) atoms. The van der Waals surface area contributed by atoms with Crippen LogP contribution in [0.25, 0.3) is 0 Å². The molecule has 1 atom stereocenters. The van der Waals surface area contributed by atoms with Crippen LogP contribution in [0, 0.1) is 5.92 Å². The number of halogens is 1. The van der Waals surface area contributed by atoms with E-state index >= 15 is 0 Å². The molecule has 0 aliphatic heterocycles. The van der Waals surface area contributed by atoms with E-state index in [1.165, 1.54) is 5.56 Å². The third-order valence-corrected chi connectivity index (χ3v) is 3.59. The zero-order chi connectivity index (χ0) is 14.5. The lowest BCUT2D eigenvalue weighted by Crippen LogP contribution is -2.16. The second kappa shape index (κ2) is 6.67. The Morgan fingerprint density at radius 2 is 1.75 bits per heavy atom. The SMILES string of the molecule is COc1ccc(NC(c2ccccc2)C(C)C)cc1Cl. The molecule has 0 aromatic heterocycles. The molecule has 0 aliphatic carbocycles. The van der Waals surface area contributed by atoms with Gasteiger partial charge in [-0.05, 0) is 29.7 Å². The minimum atomic E-state index is 0.251. The summed E-state index contributed by atoms with van der Waals surface area (Å²) in [7, 11) is 1.62. The highest BCUT2D eigenvalue weighted by molar-refractivity contribution is 6.32. The summed E-state index contributed by atoms with van der Waals surface area (Å²) < 4.78 is 5.18. The van der Waals surface area contributed by atoms with E-state index in [4.69, 9.17) is 16.3 Å². The molecule has 106 valence electrons. The number of anilines is 1. The topological polar surface area (TPSA) is 21.3 Å². The summed E-state index contributed by atoms with van der Waals surface area (Å²) in [4.78, 5) is 0. The van der Waals surface area contributed by atoms with E-state index in [1.54, 1.807) is 7.11 Å². The Hall–Kier alpha value is -1.67. The summed E-state index contributed by atoms with van der Waals surface area (Å²) in [5, 5.41) is 4.17. The molecule has 2 nitrogen and oxygen atoms in total. The minimum absolute atomic E-state index is 0.251. The van der Waals surface area contributed by atoms with Crippen molar-refractivity contribution in [2.24, 2.45) is 5.92 Å². The summed E-state index contributed by atoms with van der Waals surface area (Å²) in [6, 6.07) is 16.5. The summed E-state index contributed by atoms with van der Waals surface area (Å²) in [5.41, 5.74) is 2.27. The quantitative estimate of drug-likeness (QED) is 0.821. The van der Waals surface area contributed by atoms with E-state index in [-0.39, 0.29) is 6.04 Å². The molecular weight excluding hydrogens is 270 g/mol. The van der Waals surface area contributed by atoms with Crippen LogP contribution in [0.2, 0.25) is 5.02 Å². The maximum atomic E-state index is 6.17. The third kappa shape index (κ3) is 3.45. The van der Waals surface area contributed by atoms with Gasteiger partial charge in [0.2, 0.25) is 0 Å². The number of hydrogen-bond acceptors (Lipinski definition) is 2. The van der Waals surface area contributed by atoms with Crippen molar-refractivity contribution >= 4 is 17.3 Å². The first-order chi connectivity index (χ1) is 9.61. The van der Waals surface area contributed by atoms with Crippen LogP contribution in [-0.4, -0.2) is 7.11 Å². The average molecular weight is 290 g/mol. The van der Waals surface area contributed by atoms with Crippen molar-refractivity contribution in [1.29, 1.82) is 0 Å². The van der Waals surface area contributed by atoms with E-state index < -0.39 is 0 Å². The van der Waals surface area contributed by atoms with Crippen LogP contribution in [0.15, 0.2) is 48.5 Å². The Labute approximate surface area is 125 Å². The van der Waals surface area contributed by atoms with Gasteiger partial charge in [-0.15, -0.1) is 0 Å². The van der Waals surface area contributed by atoms with E-state index in [9.17, 15) is 0 Å². The number of rotatable bonds is 5. The summed E-state index contributed by atoms with van der Waals surface area (Å²) in [6.45, 7) is 4.41. The maximum Gasteiger partial charge on any atom is 0.137 e. The summed E-state index contributed by atoms with van der Waals surface area (Å²) in [5.74, 6) is 1.16. The predicted octanol–water partition coefficient (Wildman–Crippen LogP) is 5.16. The number of ether oxygens (including phenoxy) is 1. The van der Waals surface area contributed by atoms with Crippen molar-refractivity contribution in [1.82, 2.24) is 0 Å². The van der Waals surface area contributed by atoms with Crippen LogP contribution < -0.4 is 10.1 Å². The highest BCUT2D eigenvalue weighted by Gasteiger charge is 2.15. The van der Waals surface area contributed by atoms with Crippen molar-refractivity contribution in [3.8, 4) is 5.75 Å². The van der Waals surface area contributed by atoms with Gasteiger partial charge in [0.15, 0.2) is 0 Å². The third-order valence-electron chi connectivity index (χ3n) is 3.30. The van der Waals surface area contributed by atoms with E-state index in [0.29, 0.717) is 16.7 Å². The summed E-state index contributed by atoms with van der Waals surface area (Å²) in [6.07, 6.45) is 0. The molecule has 1 N–H and O–H groups in total. The number of hydrogen-bond donors (Lipinski definition) is 1. The molecular formula is C17H20ClNO. The second-order valence-electron chi connectivity index (χ2n) is 5.13. The Kier molecular flexibility index (Phi) is 4.91. The van der Waals surface area contributed by atoms with Gasteiger partial charge in [0.05, 0.1) is 18.2 Å². The first-order valence-corrected chi connectivity index (χ1v) is 7.14. The number of methoxy groups -OCH3 is 1. The minimum Gasteiger partial charge on any atom is -0.495 e. The fourth-order valence-corrected chi connectivity index (χ4v) is 2.49. The fourth-order valence-electron chi connectivity index (χ4n) is 2.23. The van der Waals surface area contributed by atoms with Gasteiger partial charge in [0.1, 0.15) is 5.75 Å². The number of benzene rings is 2. The summed E-state index contributed by atoms with van der Waals surface area (Å²) >= 11 is 6.17. The molecule has 0 heterocycles. The molecule has 0 saturated carbocycles. The highest BCUT2D eigenvalue weighted by Crippen LogP contribution is 2.31. The molecule has 2 aromatic carbocycles. The van der Waals surface area contributed by atoms with Crippen LogP contribution >= 0.6 is 11.6 Å². The molecule has 0 bridgehead atoms. The highest BCUT2D eigenvalue weighted by atomic mass is 35.5. The monoisotopic (exact) mass is 289 g/mol. The normalized spacial score (nSPS) is 12.2. The van der Waals surface area contributed by atoms with Crippen molar-refractivity contribution in [2.45, 2.75) is 19.9 Å². The van der Waals surface area contributed by atoms with Crippen molar-refractivity contribution in [3.05, 3.63) is 59.1 Å². The van der Waals surface area contributed by atoms with Gasteiger partial charge in [0, 0.05) is 5.69 Å². The lowest BCUT2D eigenvalue weighted by molar-refractivity contribution is 0.415. The Balaban J connectivity index is 2.23. The van der Waals surface area contributed by atoms with Crippen LogP contribution in [-0.2, 0) is 0 Å². The fraction of sp³-hybridized carbons (Fsp3) is 0.294. The smallest absolute Gasteiger partial charge is 0.137 e. The second-order valence-corrected chi connectivity index (χ2v) is 5.53. The van der Waals surface area contributed by atoms with Gasteiger partial charge in [-0.1, -0.05) is 55.8 Å². The van der Waals surface area contributed by atoms with Gasteiger partial charge in [0.25, 0.3) is 0 Å². The standard InChI is InChI=1S/C17H20ClNO/c1-12(2)17(13-7-5-4-6-8-13)19-14-9-10-16(20-3)15(18)11-14/h4-12,17,19H,1-3H3. The van der Waals surface area contributed by atoms with Gasteiger partial charge < -0.3 is 10.1 Å². The lowest BCUT2D eigenvalue weighted by atomic mass is 9.96. The van der Waals surface area contributed by atoms with Crippen LogP contribution in [0.4, 0.5) is 5.69 Å². The van der Waals surface area contributed by atoms with E-state index in [0.717, 1.165) is 5.69 Å². The van der Waals surface area contributed by atoms with Crippen molar-refractivity contribution in [2.75, 3.05) is 12.4 Å².